The number of nitrogens with one attached hydrogen (secondary N) is 2. The molecule has 1 unspecified atom stereocenters. The summed E-state index contributed by atoms with van der Waals surface area (Å²) in [6.07, 6.45) is 3.25. The highest BCUT2D eigenvalue weighted by molar-refractivity contribution is 5.76. The van der Waals surface area contributed by atoms with Gasteiger partial charge < -0.3 is 15.5 Å². The topological polar surface area (TPSA) is 44.4 Å². The molecule has 1 atom stereocenters. The van der Waals surface area contributed by atoms with Crippen LogP contribution >= 0.6 is 0 Å². The van der Waals surface area contributed by atoms with Crippen LogP contribution in [0.5, 0.6) is 0 Å². The third-order valence-corrected chi connectivity index (χ3v) is 4.39. The lowest BCUT2D eigenvalue weighted by molar-refractivity contribution is 0.0694. The molecule has 0 aliphatic carbocycles. The SMILES string of the molecule is CCCCCNC(=O)N1C(c2ccc(F)cc2)CNCC1(C)C. The van der Waals surface area contributed by atoms with Crippen molar-refractivity contribution in [3.05, 3.63) is 35.6 Å². The van der Waals surface area contributed by atoms with Crippen molar-refractivity contribution >= 4 is 6.03 Å². The molecule has 0 spiro atoms. The first-order valence-corrected chi connectivity index (χ1v) is 8.49. The van der Waals surface area contributed by atoms with E-state index >= 15 is 0 Å². The van der Waals surface area contributed by atoms with E-state index in [1.54, 1.807) is 12.1 Å². The highest BCUT2D eigenvalue weighted by Crippen LogP contribution is 2.31. The molecule has 2 N–H and O–H groups in total. The smallest absolute Gasteiger partial charge is 0.318 e. The number of nitrogens with zero attached hydrogens (tertiary/aromatic N) is 1. The Morgan fingerprint density at radius 2 is 2.04 bits per heavy atom. The Balaban J connectivity index is 2.14. The Hall–Kier alpha value is -1.62. The molecule has 1 aromatic carbocycles. The van der Waals surface area contributed by atoms with Gasteiger partial charge in [0.2, 0.25) is 0 Å². The fourth-order valence-corrected chi connectivity index (χ4v) is 3.14. The first-order chi connectivity index (χ1) is 11.0. The van der Waals surface area contributed by atoms with E-state index in [2.05, 4.69) is 31.4 Å². The van der Waals surface area contributed by atoms with Gasteiger partial charge in [0.1, 0.15) is 5.82 Å². The summed E-state index contributed by atoms with van der Waals surface area (Å²) in [7, 11) is 0. The number of amides is 2. The number of hydrogen-bond acceptors (Lipinski definition) is 2. The second kappa shape index (κ2) is 7.77. The Kier molecular flexibility index (Phi) is 5.99. The Labute approximate surface area is 138 Å². The quantitative estimate of drug-likeness (QED) is 0.816. The van der Waals surface area contributed by atoms with Gasteiger partial charge in [-0.25, -0.2) is 9.18 Å². The van der Waals surface area contributed by atoms with E-state index in [9.17, 15) is 9.18 Å². The van der Waals surface area contributed by atoms with E-state index in [4.69, 9.17) is 0 Å². The van der Waals surface area contributed by atoms with Gasteiger partial charge in [0.15, 0.2) is 0 Å². The van der Waals surface area contributed by atoms with E-state index in [0.29, 0.717) is 13.1 Å². The molecule has 2 amide bonds. The van der Waals surface area contributed by atoms with Crippen LogP contribution in [0.25, 0.3) is 0 Å². The molecule has 1 fully saturated rings. The van der Waals surface area contributed by atoms with E-state index < -0.39 is 0 Å². The van der Waals surface area contributed by atoms with Crippen molar-refractivity contribution in [2.24, 2.45) is 0 Å². The molecule has 0 bridgehead atoms. The summed E-state index contributed by atoms with van der Waals surface area (Å²) in [5.74, 6) is -0.257. The number of unbranched alkanes of at least 4 members (excludes halogenated alkanes) is 2. The van der Waals surface area contributed by atoms with Crippen LogP contribution in [0, 0.1) is 5.82 Å². The molecule has 1 aliphatic rings. The maximum atomic E-state index is 13.2. The van der Waals surface area contributed by atoms with Crippen LogP contribution in [-0.4, -0.2) is 36.1 Å². The average Bonchev–Trinajstić information content (AvgIpc) is 2.51. The van der Waals surface area contributed by atoms with Crippen molar-refractivity contribution in [2.45, 2.75) is 51.6 Å². The second-order valence-electron chi connectivity index (χ2n) is 6.82. The van der Waals surface area contributed by atoms with Crippen LogP contribution in [0.3, 0.4) is 0 Å². The zero-order valence-electron chi connectivity index (χ0n) is 14.4. The van der Waals surface area contributed by atoms with Gasteiger partial charge in [0, 0.05) is 19.6 Å². The zero-order valence-corrected chi connectivity index (χ0v) is 14.4. The average molecular weight is 321 g/mol. The summed E-state index contributed by atoms with van der Waals surface area (Å²) in [6, 6.07) is 6.30. The summed E-state index contributed by atoms with van der Waals surface area (Å²) in [5.41, 5.74) is 0.655. The van der Waals surface area contributed by atoms with Crippen LogP contribution < -0.4 is 10.6 Å². The van der Waals surface area contributed by atoms with Gasteiger partial charge in [0.05, 0.1) is 11.6 Å². The van der Waals surface area contributed by atoms with Gasteiger partial charge in [0.25, 0.3) is 0 Å². The molecule has 1 aromatic rings. The molecule has 0 aromatic heterocycles. The van der Waals surface area contributed by atoms with Crippen LogP contribution in [-0.2, 0) is 0 Å². The first kappa shape index (κ1) is 17.7. The summed E-state index contributed by atoms with van der Waals surface area (Å²) in [4.78, 5) is 14.6. The molecule has 1 saturated heterocycles. The molecule has 2 rings (SSSR count). The van der Waals surface area contributed by atoms with Crippen molar-refractivity contribution in [2.75, 3.05) is 19.6 Å². The van der Waals surface area contributed by atoms with E-state index in [0.717, 1.165) is 31.4 Å². The lowest BCUT2D eigenvalue weighted by Crippen LogP contribution is -2.63. The predicted octanol–water partition coefficient (Wildman–Crippen LogP) is 3.45. The van der Waals surface area contributed by atoms with Crippen molar-refractivity contribution in [3.63, 3.8) is 0 Å². The first-order valence-electron chi connectivity index (χ1n) is 8.49. The molecule has 5 heteroatoms. The van der Waals surface area contributed by atoms with Crippen molar-refractivity contribution < 1.29 is 9.18 Å². The number of urea groups is 1. The van der Waals surface area contributed by atoms with E-state index in [1.165, 1.54) is 12.1 Å². The van der Waals surface area contributed by atoms with Gasteiger partial charge >= 0.3 is 6.03 Å². The van der Waals surface area contributed by atoms with Crippen LogP contribution in [0.1, 0.15) is 51.6 Å². The fraction of sp³-hybridized carbons (Fsp3) is 0.611. The number of piperazine rings is 1. The van der Waals surface area contributed by atoms with Crippen molar-refractivity contribution in [3.8, 4) is 0 Å². The van der Waals surface area contributed by atoms with Crippen LogP contribution in [0.4, 0.5) is 9.18 Å². The lowest BCUT2D eigenvalue weighted by Gasteiger charge is -2.48. The Morgan fingerprint density at radius 3 is 2.70 bits per heavy atom. The lowest BCUT2D eigenvalue weighted by atomic mass is 9.93. The summed E-state index contributed by atoms with van der Waals surface area (Å²) in [6.45, 7) is 8.38. The summed E-state index contributed by atoms with van der Waals surface area (Å²) in [5, 5.41) is 6.42. The Morgan fingerprint density at radius 1 is 1.35 bits per heavy atom. The second-order valence-corrected chi connectivity index (χ2v) is 6.82. The minimum absolute atomic E-state index is 0.0399. The summed E-state index contributed by atoms with van der Waals surface area (Å²) < 4.78 is 13.2. The van der Waals surface area contributed by atoms with Gasteiger partial charge in [-0.3, -0.25) is 0 Å². The zero-order chi connectivity index (χ0) is 16.9. The van der Waals surface area contributed by atoms with Crippen LogP contribution in [0.15, 0.2) is 24.3 Å². The molecular formula is C18H28FN3O. The molecule has 128 valence electrons. The molecule has 4 nitrogen and oxygen atoms in total. The third kappa shape index (κ3) is 4.44. The highest BCUT2D eigenvalue weighted by atomic mass is 19.1. The van der Waals surface area contributed by atoms with Crippen molar-refractivity contribution in [1.29, 1.82) is 0 Å². The van der Waals surface area contributed by atoms with Gasteiger partial charge in [-0.05, 0) is 38.0 Å². The summed E-state index contributed by atoms with van der Waals surface area (Å²) >= 11 is 0. The predicted molar refractivity (Wildman–Crippen MR) is 90.9 cm³/mol. The van der Waals surface area contributed by atoms with Crippen LogP contribution in [0.2, 0.25) is 0 Å². The number of carbonyl (C=O) groups is 1. The highest BCUT2D eigenvalue weighted by Gasteiger charge is 2.40. The maximum Gasteiger partial charge on any atom is 0.318 e. The number of rotatable bonds is 5. The normalized spacial score (nSPS) is 20.3. The molecule has 0 radical (unpaired) electrons. The number of carbonyl (C=O) groups excluding carboxylic acids is 1. The minimum Gasteiger partial charge on any atom is -0.338 e. The van der Waals surface area contributed by atoms with Gasteiger partial charge in [-0.15, -0.1) is 0 Å². The molecular weight excluding hydrogens is 293 g/mol. The maximum absolute atomic E-state index is 13.2. The molecule has 1 heterocycles. The fourth-order valence-electron chi connectivity index (χ4n) is 3.14. The molecule has 0 saturated carbocycles. The number of halogens is 1. The molecule has 23 heavy (non-hydrogen) atoms. The largest absolute Gasteiger partial charge is 0.338 e. The van der Waals surface area contributed by atoms with E-state index in [-0.39, 0.29) is 23.4 Å². The minimum atomic E-state index is -0.299. The number of benzene rings is 1. The standard InChI is InChI=1S/C18H28FN3O/c1-4-5-6-11-21-17(23)22-16(12-20-13-18(22,2)3)14-7-9-15(19)10-8-14/h7-10,16,20H,4-6,11-13H2,1-3H3,(H,21,23). The monoisotopic (exact) mass is 321 g/mol. The van der Waals surface area contributed by atoms with Gasteiger partial charge in [-0.2, -0.15) is 0 Å². The Bertz CT molecular complexity index is 516. The molecule has 1 aliphatic heterocycles. The third-order valence-electron chi connectivity index (χ3n) is 4.39. The van der Waals surface area contributed by atoms with Gasteiger partial charge in [-0.1, -0.05) is 31.9 Å². The number of hydrogen-bond donors (Lipinski definition) is 2. The van der Waals surface area contributed by atoms with Crippen molar-refractivity contribution in [1.82, 2.24) is 15.5 Å². The van der Waals surface area contributed by atoms with E-state index in [1.807, 2.05) is 4.90 Å².